The second-order valence-electron chi connectivity index (χ2n) is 8.39. The highest BCUT2D eigenvalue weighted by atomic mass is 32.2. The van der Waals surface area contributed by atoms with Gasteiger partial charge in [-0.25, -0.2) is 17.6 Å². The van der Waals surface area contributed by atoms with Gasteiger partial charge in [-0.1, -0.05) is 6.07 Å². The molecule has 0 bridgehead atoms. The van der Waals surface area contributed by atoms with Crippen molar-refractivity contribution in [1.29, 1.82) is 0 Å². The zero-order chi connectivity index (χ0) is 24.7. The summed E-state index contributed by atoms with van der Waals surface area (Å²) in [6, 6.07) is 12.6. The number of aromatic nitrogens is 1. The van der Waals surface area contributed by atoms with Crippen LogP contribution in [0.2, 0.25) is 0 Å². The van der Waals surface area contributed by atoms with Gasteiger partial charge >= 0.3 is 5.97 Å². The number of halogens is 1. The fourth-order valence-corrected chi connectivity index (χ4v) is 6.77. The van der Waals surface area contributed by atoms with Crippen LogP contribution in [0.25, 0.3) is 27.7 Å². The number of sulfone groups is 1. The number of methoxy groups -OCH3 is 1. The number of benzene rings is 2. The van der Waals surface area contributed by atoms with Gasteiger partial charge in [0.25, 0.3) is 5.91 Å². The lowest BCUT2D eigenvalue weighted by atomic mass is 10.1. The van der Waals surface area contributed by atoms with E-state index in [9.17, 15) is 22.4 Å². The molecule has 0 radical (unpaired) electrons. The summed E-state index contributed by atoms with van der Waals surface area (Å²) in [4.78, 5) is 25.3. The first-order valence-corrected chi connectivity index (χ1v) is 13.5. The van der Waals surface area contributed by atoms with Gasteiger partial charge in [0.15, 0.2) is 9.84 Å². The van der Waals surface area contributed by atoms with Crippen LogP contribution in [-0.4, -0.2) is 49.5 Å². The van der Waals surface area contributed by atoms with E-state index in [2.05, 4.69) is 5.32 Å². The maximum absolute atomic E-state index is 13.6. The summed E-state index contributed by atoms with van der Waals surface area (Å²) in [5, 5.41) is 5.51. The monoisotopic (exact) mass is 512 g/mol. The summed E-state index contributed by atoms with van der Waals surface area (Å²) in [5.74, 6) is -1.13. The number of amides is 1. The first-order chi connectivity index (χ1) is 16.7. The van der Waals surface area contributed by atoms with Crippen LogP contribution >= 0.6 is 11.3 Å². The van der Waals surface area contributed by atoms with Crippen LogP contribution in [0.15, 0.2) is 60.1 Å². The molecule has 1 amide bonds. The van der Waals surface area contributed by atoms with Gasteiger partial charge in [-0.3, -0.25) is 4.79 Å². The molecule has 1 aliphatic rings. The number of esters is 1. The van der Waals surface area contributed by atoms with Gasteiger partial charge in [0.05, 0.1) is 24.1 Å². The lowest BCUT2D eigenvalue weighted by Gasteiger charge is -2.11. The molecule has 2 aromatic heterocycles. The molecule has 5 rings (SSSR count). The molecule has 3 heterocycles. The van der Waals surface area contributed by atoms with Gasteiger partial charge in [0.1, 0.15) is 10.7 Å². The van der Waals surface area contributed by atoms with Gasteiger partial charge in [0, 0.05) is 34.4 Å². The summed E-state index contributed by atoms with van der Waals surface area (Å²) in [7, 11) is -1.79. The maximum Gasteiger partial charge on any atom is 0.348 e. The van der Waals surface area contributed by atoms with Crippen LogP contribution in [0.5, 0.6) is 0 Å². The molecular weight excluding hydrogens is 491 g/mol. The summed E-state index contributed by atoms with van der Waals surface area (Å²) >= 11 is 1.27. The number of hydrogen-bond donors (Lipinski definition) is 1. The van der Waals surface area contributed by atoms with Crippen molar-refractivity contribution in [2.24, 2.45) is 0 Å². The highest BCUT2D eigenvalue weighted by Gasteiger charge is 2.29. The molecule has 7 nitrogen and oxygen atoms in total. The van der Waals surface area contributed by atoms with E-state index in [1.165, 1.54) is 30.6 Å². The molecule has 1 saturated heterocycles. The molecule has 1 fully saturated rings. The number of nitrogens with one attached hydrogen (secondary N) is 1. The minimum Gasteiger partial charge on any atom is -0.465 e. The molecule has 1 unspecified atom stereocenters. The van der Waals surface area contributed by atoms with E-state index in [1.54, 1.807) is 30.3 Å². The average Bonchev–Trinajstić information content (AvgIpc) is 3.55. The summed E-state index contributed by atoms with van der Waals surface area (Å²) in [5.41, 5.74) is 3.45. The minimum atomic E-state index is -3.12. The van der Waals surface area contributed by atoms with E-state index in [4.69, 9.17) is 4.74 Å². The van der Waals surface area contributed by atoms with Crippen LogP contribution in [0, 0.1) is 5.82 Å². The van der Waals surface area contributed by atoms with Crippen LogP contribution in [0.4, 0.5) is 4.39 Å². The molecule has 1 aliphatic heterocycles. The number of carbonyl (C=O) groups excluding carboxylic acids is 2. The van der Waals surface area contributed by atoms with Crippen molar-refractivity contribution < 1.29 is 27.1 Å². The van der Waals surface area contributed by atoms with Crippen LogP contribution in [-0.2, 0) is 14.6 Å². The van der Waals surface area contributed by atoms with Crippen molar-refractivity contribution in [1.82, 2.24) is 9.88 Å². The third-order valence-corrected chi connectivity index (χ3v) is 8.72. The number of thiophene rings is 1. The zero-order valence-corrected chi connectivity index (χ0v) is 20.3. The molecule has 180 valence electrons. The van der Waals surface area contributed by atoms with Crippen LogP contribution in [0.3, 0.4) is 0 Å². The largest absolute Gasteiger partial charge is 0.465 e. The molecule has 4 aromatic rings. The zero-order valence-electron chi connectivity index (χ0n) is 18.7. The Kier molecular flexibility index (Phi) is 5.94. The normalized spacial score (nSPS) is 16.9. The maximum atomic E-state index is 13.6. The number of rotatable bonds is 5. The summed E-state index contributed by atoms with van der Waals surface area (Å²) in [6.45, 7) is 0. The van der Waals surface area contributed by atoms with Crippen molar-refractivity contribution in [3.05, 3.63) is 76.4 Å². The highest BCUT2D eigenvalue weighted by Crippen LogP contribution is 2.36. The van der Waals surface area contributed by atoms with Crippen molar-refractivity contribution in [3.8, 4) is 16.8 Å². The minimum absolute atomic E-state index is 0.0578. The SMILES string of the molecule is COC(=O)c1cc(-c2cn(-c3ccc(F)cc3)c3cc(C(=O)NC4CCS(=O)(=O)C4)ccc23)cs1. The molecule has 2 aromatic carbocycles. The standard InChI is InChI=1S/C25H21FN2O5S2/c1-33-25(30)23-11-16(13-34-23)21-12-28(19-5-3-17(26)4-6-19)22-10-15(2-7-20(21)22)24(29)27-18-8-9-35(31,32)14-18/h2-7,10-13,18H,8-9,14H2,1H3,(H,27,29). The molecule has 10 heteroatoms. The Morgan fingerprint density at radius 1 is 1.14 bits per heavy atom. The Morgan fingerprint density at radius 2 is 1.91 bits per heavy atom. The summed E-state index contributed by atoms with van der Waals surface area (Å²) in [6.07, 6.45) is 2.28. The van der Waals surface area contributed by atoms with E-state index in [0.29, 0.717) is 28.1 Å². The molecule has 1 atom stereocenters. The third-order valence-electron chi connectivity index (χ3n) is 6.04. The quantitative estimate of drug-likeness (QED) is 0.405. The second kappa shape index (κ2) is 8.94. The number of fused-ring (bicyclic) bond motifs is 1. The molecule has 1 N–H and O–H groups in total. The number of carbonyl (C=O) groups is 2. The molecule has 35 heavy (non-hydrogen) atoms. The Hall–Kier alpha value is -3.50. The second-order valence-corrected chi connectivity index (χ2v) is 11.5. The number of nitrogens with zero attached hydrogens (tertiary/aromatic N) is 1. The number of hydrogen-bond acceptors (Lipinski definition) is 6. The van der Waals surface area contributed by atoms with Gasteiger partial charge in [-0.2, -0.15) is 0 Å². The topological polar surface area (TPSA) is 94.5 Å². The first-order valence-electron chi connectivity index (χ1n) is 10.8. The lowest BCUT2D eigenvalue weighted by Crippen LogP contribution is -2.35. The molecule has 0 spiro atoms. The molecule has 0 saturated carbocycles. The smallest absolute Gasteiger partial charge is 0.348 e. The Bertz CT molecular complexity index is 1550. The number of ether oxygens (including phenoxy) is 1. The highest BCUT2D eigenvalue weighted by molar-refractivity contribution is 7.91. The molecule has 0 aliphatic carbocycles. The predicted molar refractivity (Wildman–Crippen MR) is 132 cm³/mol. The predicted octanol–water partition coefficient (Wildman–Crippen LogP) is 4.20. The molecular formula is C25H21FN2O5S2. The van der Waals surface area contributed by atoms with Crippen molar-refractivity contribution >= 4 is 44.0 Å². The first kappa shape index (κ1) is 23.3. The Balaban J connectivity index is 1.58. The van der Waals surface area contributed by atoms with Gasteiger partial charge in [-0.15, -0.1) is 11.3 Å². The van der Waals surface area contributed by atoms with E-state index in [-0.39, 0.29) is 23.2 Å². The summed E-state index contributed by atoms with van der Waals surface area (Å²) < 4.78 is 43.7. The van der Waals surface area contributed by atoms with Gasteiger partial charge in [0.2, 0.25) is 0 Å². The van der Waals surface area contributed by atoms with E-state index >= 15 is 0 Å². The Morgan fingerprint density at radius 3 is 2.60 bits per heavy atom. The van der Waals surface area contributed by atoms with Crippen LogP contribution < -0.4 is 5.32 Å². The fraction of sp³-hybridized carbons (Fsp3) is 0.200. The van der Waals surface area contributed by atoms with Crippen LogP contribution in [0.1, 0.15) is 26.5 Å². The fourth-order valence-electron chi connectivity index (χ4n) is 4.28. The van der Waals surface area contributed by atoms with E-state index < -0.39 is 21.8 Å². The van der Waals surface area contributed by atoms with Crippen molar-refractivity contribution in [3.63, 3.8) is 0 Å². The van der Waals surface area contributed by atoms with Gasteiger partial charge in [-0.05, 0) is 59.8 Å². The lowest BCUT2D eigenvalue weighted by molar-refractivity contribution is 0.0606. The van der Waals surface area contributed by atoms with E-state index in [1.807, 2.05) is 22.2 Å². The van der Waals surface area contributed by atoms with Crippen molar-refractivity contribution in [2.45, 2.75) is 12.5 Å². The Labute approximate surface area is 205 Å². The van der Waals surface area contributed by atoms with Crippen molar-refractivity contribution in [2.75, 3.05) is 18.6 Å². The third kappa shape index (κ3) is 4.59. The average molecular weight is 513 g/mol. The van der Waals surface area contributed by atoms with E-state index in [0.717, 1.165) is 16.5 Å². The van der Waals surface area contributed by atoms with Gasteiger partial charge < -0.3 is 14.6 Å².